The highest BCUT2D eigenvalue weighted by molar-refractivity contribution is 7.99. The van der Waals surface area contributed by atoms with Gasteiger partial charge in [0.1, 0.15) is 0 Å². The Morgan fingerprint density at radius 2 is 1.86 bits per heavy atom. The molecule has 0 aliphatic rings. The van der Waals surface area contributed by atoms with Crippen molar-refractivity contribution in [2.45, 2.75) is 17.7 Å². The molecular formula is C10H13F2NS. The van der Waals surface area contributed by atoms with Gasteiger partial charge in [0.15, 0.2) is 0 Å². The highest BCUT2D eigenvalue weighted by Crippen LogP contribution is 2.28. The zero-order chi connectivity index (χ0) is 10.6. The zero-order valence-electron chi connectivity index (χ0n) is 7.97. The Labute approximate surface area is 86.7 Å². The predicted molar refractivity (Wildman–Crippen MR) is 55.8 cm³/mol. The van der Waals surface area contributed by atoms with Crippen LogP contribution >= 0.6 is 11.8 Å². The third-order valence-corrected chi connectivity index (χ3v) is 2.74. The highest BCUT2D eigenvalue weighted by Gasteiger charge is 2.28. The summed E-state index contributed by atoms with van der Waals surface area (Å²) < 4.78 is 26.1. The van der Waals surface area contributed by atoms with Gasteiger partial charge in [-0.25, -0.2) is 0 Å². The van der Waals surface area contributed by atoms with Crippen LogP contribution in [-0.4, -0.2) is 12.3 Å². The molecule has 1 aromatic rings. The fourth-order valence-electron chi connectivity index (χ4n) is 1.08. The summed E-state index contributed by atoms with van der Waals surface area (Å²) in [6, 6.07) is 6.27. The molecule has 0 radical (unpaired) electrons. The normalized spacial score (nSPS) is 11.7. The van der Waals surface area contributed by atoms with Gasteiger partial charge < -0.3 is 5.73 Å². The smallest absolute Gasteiger partial charge is 0.285 e. The molecule has 0 aliphatic carbocycles. The standard InChI is InChI=1S/C10H13F2NS/c1-2-14-9-5-3-8(4-6-9)10(11,12)7-13/h3-6H,2,7,13H2,1H3. The average molecular weight is 217 g/mol. The Morgan fingerprint density at radius 1 is 1.29 bits per heavy atom. The Kier molecular flexibility index (Phi) is 3.89. The van der Waals surface area contributed by atoms with Gasteiger partial charge in [-0.2, -0.15) is 8.78 Å². The average Bonchev–Trinajstić information content (AvgIpc) is 2.19. The molecule has 0 atom stereocenters. The van der Waals surface area contributed by atoms with Crippen molar-refractivity contribution in [1.29, 1.82) is 0 Å². The molecule has 2 N–H and O–H groups in total. The van der Waals surface area contributed by atoms with E-state index in [0.29, 0.717) is 0 Å². The Hall–Kier alpha value is -0.610. The quantitative estimate of drug-likeness (QED) is 0.785. The van der Waals surface area contributed by atoms with E-state index in [2.05, 4.69) is 0 Å². The summed E-state index contributed by atoms with van der Waals surface area (Å²) in [6.07, 6.45) is 0. The first-order valence-electron chi connectivity index (χ1n) is 4.41. The molecule has 1 aromatic carbocycles. The molecule has 0 unspecified atom stereocenters. The predicted octanol–water partition coefficient (Wildman–Crippen LogP) is 2.85. The number of alkyl halides is 2. The fraction of sp³-hybridized carbons (Fsp3) is 0.400. The second kappa shape index (κ2) is 4.75. The van der Waals surface area contributed by atoms with Crippen molar-refractivity contribution in [2.24, 2.45) is 5.73 Å². The van der Waals surface area contributed by atoms with Gasteiger partial charge >= 0.3 is 0 Å². The molecule has 0 spiro atoms. The first kappa shape index (κ1) is 11.5. The van der Waals surface area contributed by atoms with Crippen molar-refractivity contribution >= 4 is 11.8 Å². The lowest BCUT2D eigenvalue weighted by Crippen LogP contribution is -2.24. The second-order valence-corrected chi connectivity index (χ2v) is 4.20. The molecule has 0 bridgehead atoms. The Bertz CT molecular complexity index is 285. The molecule has 0 saturated carbocycles. The highest BCUT2D eigenvalue weighted by atomic mass is 32.2. The third-order valence-electron chi connectivity index (χ3n) is 1.84. The van der Waals surface area contributed by atoms with Crippen LogP contribution in [0.3, 0.4) is 0 Å². The maximum atomic E-state index is 13.1. The summed E-state index contributed by atoms with van der Waals surface area (Å²) in [5.74, 6) is -1.97. The van der Waals surface area contributed by atoms with Crippen LogP contribution in [0.1, 0.15) is 12.5 Å². The van der Waals surface area contributed by atoms with E-state index in [4.69, 9.17) is 5.73 Å². The third kappa shape index (κ3) is 2.69. The molecule has 4 heteroatoms. The van der Waals surface area contributed by atoms with E-state index in [0.717, 1.165) is 10.6 Å². The van der Waals surface area contributed by atoms with E-state index in [-0.39, 0.29) is 5.56 Å². The lowest BCUT2D eigenvalue weighted by atomic mass is 10.1. The van der Waals surface area contributed by atoms with Crippen LogP contribution in [0.2, 0.25) is 0 Å². The van der Waals surface area contributed by atoms with E-state index in [1.807, 2.05) is 6.92 Å². The summed E-state index contributed by atoms with van der Waals surface area (Å²) in [5.41, 5.74) is 4.97. The molecule has 0 saturated heterocycles. The molecule has 0 aromatic heterocycles. The van der Waals surface area contributed by atoms with Crippen LogP contribution in [0, 0.1) is 0 Å². The van der Waals surface area contributed by atoms with Gasteiger partial charge in [0.05, 0.1) is 6.54 Å². The SMILES string of the molecule is CCSc1ccc(C(F)(F)CN)cc1. The molecule has 0 aliphatic heterocycles. The van der Waals surface area contributed by atoms with Crippen molar-refractivity contribution in [1.82, 2.24) is 0 Å². The minimum absolute atomic E-state index is 0.0135. The van der Waals surface area contributed by atoms with Gasteiger partial charge in [-0.15, -0.1) is 11.8 Å². The molecule has 78 valence electrons. The molecule has 14 heavy (non-hydrogen) atoms. The van der Waals surface area contributed by atoms with Gasteiger partial charge in [-0.05, 0) is 17.9 Å². The van der Waals surface area contributed by atoms with Crippen molar-refractivity contribution in [3.8, 4) is 0 Å². The van der Waals surface area contributed by atoms with Gasteiger partial charge in [0.25, 0.3) is 5.92 Å². The first-order valence-corrected chi connectivity index (χ1v) is 5.40. The van der Waals surface area contributed by atoms with Gasteiger partial charge in [0.2, 0.25) is 0 Å². The molecule has 0 amide bonds. The van der Waals surface area contributed by atoms with Crippen LogP contribution in [0.15, 0.2) is 29.2 Å². The van der Waals surface area contributed by atoms with Crippen molar-refractivity contribution in [3.05, 3.63) is 29.8 Å². The number of thioether (sulfide) groups is 1. The Morgan fingerprint density at radius 3 is 2.29 bits per heavy atom. The van der Waals surface area contributed by atoms with Crippen LogP contribution in [-0.2, 0) is 5.92 Å². The van der Waals surface area contributed by atoms with Crippen LogP contribution in [0.5, 0.6) is 0 Å². The van der Waals surface area contributed by atoms with Crippen molar-refractivity contribution < 1.29 is 8.78 Å². The number of benzene rings is 1. The van der Waals surface area contributed by atoms with E-state index in [1.54, 1.807) is 23.9 Å². The lowest BCUT2D eigenvalue weighted by Gasteiger charge is -2.14. The number of halogens is 2. The van der Waals surface area contributed by atoms with Crippen LogP contribution in [0.25, 0.3) is 0 Å². The number of hydrogen-bond acceptors (Lipinski definition) is 2. The van der Waals surface area contributed by atoms with E-state index < -0.39 is 12.5 Å². The van der Waals surface area contributed by atoms with Crippen molar-refractivity contribution in [2.75, 3.05) is 12.3 Å². The minimum Gasteiger partial charge on any atom is -0.325 e. The monoisotopic (exact) mass is 217 g/mol. The van der Waals surface area contributed by atoms with Crippen LogP contribution in [0.4, 0.5) is 8.78 Å². The largest absolute Gasteiger partial charge is 0.325 e. The lowest BCUT2D eigenvalue weighted by molar-refractivity contribution is 0.00590. The molecule has 1 rings (SSSR count). The summed E-state index contributed by atoms with van der Waals surface area (Å²) in [6.45, 7) is 1.38. The number of hydrogen-bond donors (Lipinski definition) is 1. The number of rotatable bonds is 4. The summed E-state index contributed by atoms with van der Waals surface area (Å²) in [4.78, 5) is 1.00. The fourth-order valence-corrected chi connectivity index (χ4v) is 1.74. The number of nitrogens with two attached hydrogens (primary N) is 1. The summed E-state index contributed by atoms with van der Waals surface area (Å²) in [5, 5.41) is 0. The Balaban J connectivity index is 2.82. The summed E-state index contributed by atoms with van der Waals surface area (Å²) >= 11 is 1.63. The van der Waals surface area contributed by atoms with E-state index in [9.17, 15) is 8.78 Å². The molecule has 0 heterocycles. The van der Waals surface area contributed by atoms with Gasteiger partial charge in [-0.3, -0.25) is 0 Å². The van der Waals surface area contributed by atoms with E-state index >= 15 is 0 Å². The van der Waals surface area contributed by atoms with Gasteiger partial charge in [0, 0.05) is 10.5 Å². The van der Waals surface area contributed by atoms with Crippen LogP contribution < -0.4 is 5.73 Å². The topological polar surface area (TPSA) is 26.0 Å². The molecular weight excluding hydrogens is 204 g/mol. The maximum absolute atomic E-state index is 13.1. The second-order valence-electron chi connectivity index (χ2n) is 2.87. The van der Waals surface area contributed by atoms with Gasteiger partial charge in [-0.1, -0.05) is 19.1 Å². The minimum atomic E-state index is -2.91. The zero-order valence-corrected chi connectivity index (χ0v) is 8.78. The first-order chi connectivity index (χ1) is 6.60. The van der Waals surface area contributed by atoms with E-state index in [1.165, 1.54) is 12.1 Å². The summed E-state index contributed by atoms with van der Waals surface area (Å²) in [7, 11) is 0. The molecule has 0 fully saturated rings. The van der Waals surface area contributed by atoms with Crippen molar-refractivity contribution in [3.63, 3.8) is 0 Å². The maximum Gasteiger partial charge on any atom is 0.285 e. The molecule has 1 nitrogen and oxygen atoms in total.